The van der Waals surface area contributed by atoms with Gasteiger partial charge in [0.05, 0.1) is 19.3 Å². The molecule has 0 saturated carbocycles. The number of amides is 1. The zero-order valence-corrected chi connectivity index (χ0v) is 13.3. The Labute approximate surface area is 139 Å². The maximum absolute atomic E-state index is 10.4. The Bertz CT molecular complexity index is 549. The van der Waals surface area contributed by atoms with Crippen LogP contribution in [0.4, 0.5) is 0 Å². The summed E-state index contributed by atoms with van der Waals surface area (Å²) in [6.45, 7) is 4.11. The average molecular weight is 338 g/mol. The molecule has 1 aromatic heterocycles. The van der Waals surface area contributed by atoms with E-state index in [1.165, 1.54) is 12.4 Å². The normalized spacial score (nSPS) is 19.7. The zero-order chi connectivity index (χ0) is 17.9. The predicted octanol–water partition coefficient (Wildman–Crippen LogP) is 0.712. The van der Waals surface area contributed by atoms with Crippen LogP contribution in [0, 0.1) is 0 Å². The van der Waals surface area contributed by atoms with Gasteiger partial charge in [-0.15, -0.1) is 0 Å². The molecule has 2 rings (SSSR count). The third-order valence-electron chi connectivity index (χ3n) is 3.19. The highest BCUT2D eigenvalue weighted by molar-refractivity contribution is 5.92. The first-order chi connectivity index (χ1) is 11.4. The fourth-order valence-corrected chi connectivity index (χ4v) is 1.80. The van der Waals surface area contributed by atoms with Gasteiger partial charge in [0.2, 0.25) is 5.91 Å². The van der Waals surface area contributed by atoms with E-state index >= 15 is 0 Å². The number of carboxylic acid groups (broad SMARTS) is 1. The summed E-state index contributed by atoms with van der Waals surface area (Å²) >= 11 is 0. The summed E-state index contributed by atoms with van der Waals surface area (Å²) in [5.74, 6) is -1.43. The van der Waals surface area contributed by atoms with E-state index in [0.717, 1.165) is 0 Å². The number of aliphatic hydroxyl groups is 1. The standard InChI is InChI=1S/C10H16O5.C6H6N2O/c1-7(10(12)13)2-4-14-9-6-8(11)3-5-15-9;7-6(9)5-1-3-8-4-2-5/h8-9,11H,1-6H2,(H,12,13);1-4H,(H2,7,9). The van der Waals surface area contributed by atoms with Crippen LogP contribution < -0.4 is 5.73 Å². The van der Waals surface area contributed by atoms with Crippen LogP contribution in [-0.4, -0.2) is 52.7 Å². The van der Waals surface area contributed by atoms with Crippen molar-refractivity contribution in [2.75, 3.05) is 13.2 Å². The topological polar surface area (TPSA) is 132 Å². The molecule has 4 N–H and O–H groups in total. The number of aliphatic carboxylic acids is 1. The lowest BCUT2D eigenvalue weighted by atomic mass is 10.1. The van der Waals surface area contributed by atoms with Crippen molar-refractivity contribution >= 4 is 11.9 Å². The highest BCUT2D eigenvalue weighted by Gasteiger charge is 2.21. The molecule has 8 heteroatoms. The number of nitrogens with zero attached hydrogens (tertiary/aromatic N) is 1. The van der Waals surface area contributed by atoms with Crippen molar-refractivity contribution in [2.45, 2.75) is 31.7 Å². The van der Waals surface area contributed by atoms with Crippen molar-refractivity contribution < 1.29 is 29.3 Å². The summed E-state index contributed by atoms with van der Waals surface area (Å²) in [5, 5.41) is 17.8. The molecule has 0 spiro atoms. The second kappa shape index (κ2) is 10.5. The van der Waals surface area contributed by atoms with Gasteiger partial charge in [-0.05, 0) is 18.6 Å². The van der Waals surface area contributed by atoms with Crippen molar-refractivity contribution in [3.63, 3.8) is 0 Å². The number of nitrogens with two attached hydrogens (primary N) is 1. The molecule has 8 nitrogen and oxygen atoms in total. The molecule has 1 aromatic rings. The minimum atomic E-state index is -1.01. The minimum Gasteiger partial charge on any atom is -0.478 e. The highest BCUT2D eigenvalue weighted by Crippen LogP contribution is 2.15. The van der Waals surface area contributed by atoms with Crippen molar-refractivity contribution in [1.29, 1.82) is 0 Å². The van der Waals surface area contributed by atoms with Crippen molar-refractivity contribution in [2.24, 2.45) is 5.73 Å². The number of carbonyl (C=O) groups is 2. The molecule has 0 bridgehead atoms. The molecule has 1 aliphatic heterocycles. The van der Waals surface area contributed by atoms with E-state index in [0.29, 0.717) is 25.0 Å². The third-order valence-corrected chi connectivity index (χ3v) is 3.19. The van der Waals surface area contributed by atoms with Crippen LogP contribution in [-0.2, 0) is 14.3 Å². The number of hydrogen-bond donors (Lipinski definition) is 3. The first-order valence-corrected chi connectivity index (χ1v) is 7.42. The van der Waals surface area contributed by atoms with Crippen molar-refractivity contribution in [3.05, 3.63) is 42.2 Å². The molecule has 0 aliphatic carbocycles. The van der Waals surface area contributed by atoms with Crippen LogP contribution in [0.15, 0.2) is 36.7 Å². The van der Waals surface area contributed by atoms with Gasteiger partial charge < -0.3 is 25.4 Å². The van der Waals surface area contributed by atoms with Gasteiger partial charge in [-0.25, -0.2) is 4.79 Å². The zero-order valence-electron chi connectivity index (χ0n) is 13.3. The smallest absolute Gasteiger partial charge is 0.331 e. The summed E-state index contributed by atoms with van der Waals surface area (Å²) in [6, 6.07) is 3.14. The van der Waals surface area contributed by atoms with Gasteiger partial charge in [0, 0.05) is 36.4 Å². The second-order valence-electron chi connectivity index (χ2n) is 5.11. The number of rotatable bonds is 6. The largest absolute Gasteiger partial charge is 0.478 e. The molecular weight excluding hydrogens is 316 g/mol. The first-order valence-electron chi connectivity index (χ1n) is 7.42. The Balaban J connectivity index is 0.000000272. The summed E-state index contributed by atoms with van der Waals surface area (Å²) in [7, 11) is 0. The molecule has 1 saturated heterocycles. The number of hydrogen-bond acceptors (Lipinski definition) is 6. The molecule has 24 heavy (non-hydrogen) atoms. The molecule has 2 heterocycles. The van der Waals surface area contributed by atoms with Gasteiger partial charge in [0.25, 0.3) is 0 Å². The quantitative estimate of drug-likeness (QED) is 0.651. The molecule has 1 amide bonds. The second-order valence-corrected chi connectivity index (χ2v) is 5.11. The van der Waals surface area contributed by atoms with Gasteiger partial charge in [-0.2, -0.15) is 0 Å². The highest BCUT2D eigenvalue weighted by atomic mass is 16.7. The molecule has 0 radical (unpaired) electrons. The molecule has 0 aromatic carbocycles. The van der Waals surface area contributed by atoms with Gasteiger partial charge in [-0.3, -0.25) is 9.78 Å². The van der Waals surface area contributed by atoms with E-state index in [4.69, 9.17) is 20.3 Å². The molecule has 1 aliphatic rings. The van der Waals surface area contributed by atoms with Gasteiger partial charge >= 0.3 is 5.97 Å². The van der Waals surface area contributed by atoms with E-state index in [1.807, 2.05) is 0 Å². The van der Waals surface area contributed by atoms with E-state index in [-0.39, 0.29) is 24.7 Å². The Hall–Kier alpha value is -2.29. The van der Waals surface area contributed by atoms with Gasteiger partial charge in [0.15, 0.2) is 6.29 Å². The Morgan fingerprint density at radius 1 is 1.42 bits per heavy atom. The number of carbonyl (C=O) groups excluding carboxylic acids is 1. The number of ether oxygens (including phenoxy) is 2. The lowest BCUT2D eigenvalue weighted by Crippen LogP contribution is -2.31. The maximum Gasteiger partial charge on any atom is 0.331 e. The number of pyridine rings is 1. The average Bonchev–Trinajstić information content (AvgIpc) is 2.56. The molecule has 1 fully saturated rings. The van der Waals surface area contributed by atoms with Crippen LogP contribution in [0.2, 0.25) is 0 Å². The number of aliphatic hydroxyl groups excluding tert-OH is 1. The van der Waals surface area contributed by atoms with Gasteiger partial charge in [-0.1, -0.05) is 6.58 Å². The van der Waals surface area contributed by atoms with Crippen LogP contribution in [0.25, 0.3) is 0 Å². The van der Waals surface area contributed by atoms with Crippen LogP contribution in [0.5, 0.6) is 0 Å². The summed E-state index contributed by atoms with van der Waals surface area (Å²) < 4.78 is 10.5. The summed E-state index contributed by atoms with van der Waals surface area (Å²) in [6.07, 6.45) is 3.59. The summed E-state index contributed by atoms with van der Waals surface area (Å²) in [5.41, 5.74) is 5.55. The van der Waals surface area contributed by atoms with Gasteiger partial charge in [0.1, 0.15) is 0 Å². The van der Waals surface area contributed by atoms with Crippen LogP contribution in [0.1, 0.15) is 29.6 Å². The Kier molecular flexibility index (Phi) is 8.63. The molecular formula is C16H22N2O6. The molecule has 132 valence electrons. The summed E-state index contributed by atoms with van der Waals surface area (Å²) in [4.78, 5) is 24.5. The Morgan fingerprint density at radius 2 is 2.08 bits per heavy atom. The number of aromatic nitrogens is 1. The predicted molar refractivity (Wildman–Crippen MR) is 85.1 cm³/mol. The number of primary amides is 1. The fourth-order valence-electron chi connectivity index (χ4n) is 1.80. The maximum atomic E-state index is 10.4. The lowest BCUT2D eigenvalue weighted by molar-refractivity contribution is -0.184. The molecule has 2 unspecified atom stereocenters. The number of carboxylic acids is 1. The fraction of sp³-hybridized carbons (Fsp3) is 0.438. The van der Waals surface area contributed by atoms with E-state index < -0.39 is 18.2 Å². The lowest BCUT2D eigenvalue weighted by Gasteiger charge is -2.26. The third kappa shape index (κ3) is 7.82. The first kappa shape index (κ1) is 19.8. The van der Waals surface area contributed by atoms with E-state index in [1.54, 1.807) is 12.1 Å². The minimum absolute atomic E-state index is 0.117. The van der Waals surface area contributed by atoms with E-state index in [9.17, 15) is 14.7 Å². The van der Waals surface area contributed by atoms with Crippen molar-refractivity contribution in [1.82, 2.24) is 4.98 Å². The Morgan fingerprint density at radius 3 is 2.58 bits per heavy atom. The SMILES string of the molecule is C=C(CCOC1CC(O)CCO1)C(=O)O.NC(=O)c1ccncc1. The van der Waals surface area contributed by atoms with Crippen molar-refractivity contribution in [3.8, 4) is 0 Å². The molecule has 2 atom stereocenters. The van der Waals surface area contributed by atoms with Crippen LogP contribution in [0.3, 0.4) is 0 Å². The monoisotopic (exact) mass is 338 g/mol. The van der Waals surface area contributed by atoms with E-state index in [2.05, 4.69) is 11.6 Å². The van der Waals surface area contributed by atoms with Crippen LogP contribution >= 0.6 is 0 Å².